The summed E-state index contributed by atoms with van der Waals surface area (Å²) in [6, 6.07) is 10.3. The lowest BCUT2D eigenvalue weighted by Crippen LogP contribution is -2.38. The average molecular weight is 415 g/mol. The number of nitrogens with zero attached hydrogens (tertiary/aromatic N) is 1. The van der Waals surface area contributed by atoms with Crippen molar-refractivity contribution < 1.29 is 13.6 Å². The zero-order chi connectivity index (χ0) is 20.9. The van der Waals surface area contributed by atoms with Crippen molar-refractivity contribution in [2.45, 2.75) is 63.2 Å². The van der Waals surface area contributed by atoms with Crippen LogP contribution in [0.3, 0.4) is 0 Å². The molecule has 30 heavy (non-hydrogen) atoms. The Kier molecular flexibility index (Phi) is 5.08. The van der Waals surface area contributed by atoms with Gasteiger partial charge in [0.1, 0.15) is 0 Å². The Labute approximate surface area is 177 Å². The highest BCUT2D eigenvalue weighted by molar-refractivity contribution is 5.91. The third kappa shape index (κ3) is 3.07. The molecule has 4 bridgehead atoms. The first-order chi connectivity index (χ1) is 14.5. The molecule has 0 saturated heterocycles. The first-order valence-corrected chi connectivity index (χ1v) is 11.6. The minimum Gasteiger partial charge on any atom is -0.330 e. The topological polar surface area (TPSA) is 55.4 Å². The minimum absolute atomic E-state index is 0.0724. The molecule has 5 saturated carbocycles. The van der Waals surface area contributed by atoms with Crippen LogP contribution < -0.4 is 5.73 Å². The number of hydrogen-bond donors (Lipinski definition) is 1. The van der Waals surface area contributed by atoms with Gasteiger partial charge < -0.3 is 5.73 Å². The maximum absolute atomic E-state index is 14.0. The zero-order valence-corrected chi connectivity index (χ0v) is 17.5. The Morgan fingerprint density at radius 2 is 1.87 bits per heavy atom. The maximum Gasteiger partial charge on any atom is 0.251 e. The van der Waals surface area contributed by atoms with Gasteiger partial charge in [-0.2, -0.15) is 0 Å². The lowest BCUT2D eigenvalue weighted by atomic mass is 9.62. The largest absolute Gasteiger partial charge is 0.330 e. The van der Waals surface area contributed by atoms with Crippen LogP contribution in [0.4, 0.5) is 8.78 Å². The summed E-state index contributed by atoms with van der Waals surface area (Å²) in [5.41, 5.74) is 6.17. The van der Waals surface area contributed by atoms with E-state index in [1.807, 2.05) is 24.4 Å². The predicted octanol–water partition coefficient (Wildman–Crippen LogP) is 4.99. The third-order valence-corrected chi connectivity index (χ3v) is 8.99. The number of nitrogens with two attached hydrogens (primary N) is 1. The van der Waals surface area contributed by atoms with Gasteiger partial charge in [0.15, 0.2) is 0 Å². The summed E-state index contributed by atoms with van der Waals surface area (Å²) in [5, 5.41) is 0. The smallest absolute Gasteiger partial charge is 0.251 e. The van der Waals surface area contributed by atoms with E-state index in [0.717, 1.165) is 38.6 Å². The Bertz CT molecular complexity index is 820. The van der Waals surface area contributed by atoms with Crippen LogP contribution in [0.2, 0.25) is 0 Å². The van der Waals surface area contributed by atoms with E-state index in [4.69, 9.17) is 5.73 Å². The maximum atomic E-state index is 14.0. The van der Waals surface area contributed by atoms with E-state index in [9.17, 15) is 13.6 Å². The van der Waals surface area contributed by atoms with Gasteiger partial charge in [-0.25, -0.2) is 13.8 Å². The number of benzene rings is 1. The molecule has 0 aromatic heterocycles. The number of alkyl halides is 2. The van der Waals surface area contributed by atoms with Crippen LogP contribution in [-0.2, 0) is 10.2 Å². The van der Waals surface area contributed by atoms with Crippen molar-refractivity contribution in [3.63, 3.8) is 0 Å². The molecule has 5 fully saturated rings. The van der Waals surface area contributed by atoms with Crippen molar-refractivity contribution >= 4 is 12.1 Å². The van der Waals surface area contributed by atoms with Gasteiger partial charge in [0, 0.05) is 12.1 Å². The fourth-order valence-electron chi connectivity index (χ4n) is 7.66. The fourth-order valence-corrected chi connectivity index (χ4v) is 7.66. The van der Waals surface area contributed by atoms with Crippen molar-refractivity contribution in [2.24, 2.45) is 45.7 Å². The molecular formula is C25H32F2N2O. The van der Waals surface area contributed by atoms with Crippen molar-refractivity contribution in [1.82, 2.24) is 0 Å². The van der Waals surface area contributed by atoms with E-state index in [0.29, 0.717) is 31.1 Å². The first kappa shape index (κ1) is 20.3. The molecule has 2 N–H and O–H groups in total. The Balaban J connectivity index is 1.40. The highest BCUT2D eigenvalue weighted by atomic mass is 19.3. The van der Waals surface area contributed by atoms with E-state index in [1.165, 1.54) is 5.56 Å². The number of halogens is 2. The number of carbonyl (C=O) groups excluding carboxylic acids is 1. The van der Waals surface area contributed by atoms with Gasteiger partial charge in [-0.15, -0.1) is 0 Å². The summed E-state index contributed by atoms with van der Waals surface area (Å²) < 4.78 is 28.0. The van der Waals surface area contributed by atoms with E-state index < -0.39 is 17.8 Å². The van der Waals surface area contributed by atoms with Crippen molar-refractivity contribution in [2.75, 3.05) is 6.54 Å². The summed E-state index contributed by atoms with van der Waals surface area (Å²) in [5.74, 6) is -0.186. The molecule has 0 radical (unpaired) electrons. The highest BCUT2D eigenvalue weighted by Gasteiger charge is 2.72. The van der Waals surface area contributed by atoms with Crippen molar-refractivity contribution in [3.05, 3.63) is 35.9 Å². The van der Waals surface area contributed by atoms with Crippen LogP contribution in [0.15, 0.2) is 35.3 Å². The summed E-state index contributed by atoms with van der Waals surface area (Å²) in [7, 11) is 0. The second-order valence-electron chi connectivity index (χ2n) is 10.5. The average Bonchev–Trinajstić information content (AvgIpc) is 3.15. The number of amides is 1. The van der Waals surface area contributed by atoms with Crippen LogP contribution in [0.25, 0.3) is 0 Å². The molecule has 6 rings (SSSR count). The third-order valence-electron chi connectivity index (χ3n) is 8.99. The zero-order valence-electron chi connectivity index (χ0n) is 17.5. The van der Waals surface area contributed by atoms with Gasteiger partial charge in [-0.3, -0.25) is 4.79 Å². The first-order valence-electron chi connectivity index (χ1n) is 11.6. The summed E-state index contributed by atoms with van der Waals surface area (Å²) in [6.45, 7) is 0.728. The van der Waals surface area contributed by atoms with Gasteiger partial charge in [-0.1, -0.05) is 30.3 Å². The van der Waals surface area contributed by atoms with Crippen LogP contribution in [0.1, 0.15) is 56.9 Å². The molecule has 5 aliphatic carbocycles. The van der Waals surface area contributed by atoms with Gasteiger partial charge in [-0.05, 0) is 92.6 Å². The van der Waals surface area contributed by atoms with E-state index in [1.54, 1.807) is 0 Å². The Morgan fingerprint density at radius 1 is 1.13 bits per heavy atom. The summed E-state index contributed by atoms with van der Waals surface area (Å²) in [6.07, 6.45) is 6.46. The Morgan fingerprint density at radius 3 is 2.53 bits per heavy atom. The molecule has 3 nitrogen and oxygen atoms in total. The van der Waals surface area contributed by atoms with Crippen LogP contribution >= 0.6 is 0 Å². The molecule has 1 aromatic carbocycles. The molecule has 0 spiro atoms. The molecule has 5 unspecified atom stereocenters. The standard InChI is InChI=1S/C25H32F2N2O/c26-22(27)21-18-10-24(19-4-2-1-3-5-19)12-20(21)25(11-18,15-24)23(30)29-14-17-8-6-16(13-28)7-9-17/h1-5,14,16-18,20-22H,6-13,15,28H2. The fraction of sp³-hybridized carbons (Fsp3) is 0.680. The SMILES string of the molecule is NCC1CCC(C=NC(=O)C23CC4CC(c5ccccc5)(CC2C4C(F)F)C3)CC1. The highest BCUT2D eigenvalue weighted by Crippen LogP contribution is 2.73. The van der Waals surface area contributed by atoms with E-state index in [2.05, 4.69) is 17.1 Å². The van der Waals surface area contributed by atoms with Gasteiger partial charge in [0.05, 0.1) is 5.41 Å². The molecular weight excluding hydrogens is 382 g/mol. The number of rotatable bonds is 5. The quantitative estimate of drug-likeness (QED) is 0.690. The summed E-state index contributed by atoms with van der Waals surface area (Å²) >= 11 is 0. The molecule has 1 aromatic rings. The number of carbonyl (C=O) groups is 1. The normalized spacial score (nSPS) is 42.5. The predicted molar refractivity (Wildman–Crippen MR) is 113 cm³/mol. The van der Waals surface area contributed by atoms with Gasteiger partial charge in [0.25, 0.3) is 5.91 Å². The van der Waals surface area contributed by atoms with Gasteiger partial charge >= 0.3 is 0 Å². The summed E-state index contributed by atoms with van der Waals surface area (Å²) in [4.78, 5) is 17.9. The molecule has 5 aliphatic rings. The molecule has 1 amide bonds. The van der Waals surface area contributed by atoms with Crippen molar-refractivity contribution in [3.8, 4) is 0 Å². The molecule has 0 heterocycles. The Hall–Kier alpha value is -1.62. The van der Waals surface area contributed by atoms with Crippen LogP contribution in [0.5, 0.6) is 0 Å². The molecule has 0 aliphatic heterocycles. The van der Waals surface area contributed by atoms with Crippen molar-refractivity contribution in [1.29, 1.82) is 0 Å². The molecule has 162 valence electrons. The lowest BCUT2D eigenvalue weighted by molar-refractivity contribution is -0.129. The lowest BCUT2D eigenvalue weighted by Gasteiger charge is -2.42. The van der Waals surface area contributed by atoms with Crippen LogP contribution in [0, 0.1) is 35.0 Å². The second-order valence-corrected chi connectivity index (χ2v) is 10.5. The minimum atomic E-state index is -2.35. The number of hydrogen-bond acceptors (Lipinski definition) is 2. The number of aliphatic imine (C=N–C) groups is 1. The van der Waals surface area contributed by atoms with E-state index >= 15 is 0 Å². The van der Waals surface area contributed by atoms with Crippen LogP contribution in [-0.4, -0.2) is 25.1 Å². The molecule has 5 atom stereocenters. The van der Waals surface area contributed by atoms with Gasteiger partial charge in [0.2, 0.25) is 6.43 Å². The molecule has 5 heteroatoms. The second kappa shape index (κ2) is 7.51. The van der Waals surface area contributed by atoms with E-state index in [-0.39, 0.29) is 23.2 Å². The monoisotopic (exact) mass is 414 g/mol.